The fourth-order valence-corrected chi connectivity index (χ4v) is 2.88. The Bertz CT molecular complexity index is 720. The third-order valence-corrected chi connectivity index (χ3v) is 4.15. The van der Waals surface area contributed by atoms with Crippen LogP contribution in [0.15, 0.2) is 64.6 Å². The Morgan fingerprint density at radius 2 is 1.79 bits per heavy atom. The topological polar surface area (TPSA) is 38.9 Å². The smallest absolute Gasteiger partial charge is 0.0536 e. The molecular weight excluding hydrogens is 252 g/mol. The highest BCUT2D eigenvalue weighted by atomic mass is 32.2. The Hall–Kier alpha value is -2.00. The fraction of sp³-hybridized carbons (Fsp3) is 0.0625. The fourth-order valence-electron chi connectivity index (χ4n) is 2.00. The van der Waals surface area contributed by atoms with E-state index in [0.29, 0.717) is 0 Å². The summed E-state index contributed by atoms with van der Waals surface area (Å²) < 4.78 is 0. The number of hydrogen-bond donors (Lipinski definition) is 1. The number of nitrogens with two attached hydrogens (primary N) is 1. The van der Waals surface area contributed by atoms with Gasteiger partial charge in [-0.1, -0.05) is 35.5 Å². The summed E-state index contributed by atoms with van der Waals surface area (Å²) in [5, 5.41) is 2.14. The number of rotatable bonds is 2. The highest BCUT2D eigenvalue weighted by molar-refractivity contribution is 7.99. The largest absolute Gasteiger partial charge is 0.397 e. The molecule has 0 aliphatic heterocycles. The van der Waals surface area contributed by atoms with Gasteiger partial charge >= 0.3 is 0 Å². The van der Waals surface area contributed by atoms with Crippen molar-refractivity contribution in [3.8, 4) is 0 Å². The maximum Gasteiger partial charge on any atom is 0.0536 e. The molecule has 0 spiro atoms. The summed E-state index contributed by atoms with van der Waals surface area (Å²) >= 11 is 1.69. The number of aryl methyl sites for hydroxylation is 1. The Balaban J connectivity index is 2.01. The zero-order valence-corrected chi connectivity index (χ0v) is 11.4. The van der Waals surface area contributed by atoms with Crippen LogP contribution in [0.25, 0.3) is 10.8 Å². The molecule has 94 valence electrons. The van der Waals surface area contributed by atoms with Gasteiger partial charge in [0.25, 0.3) is 0 Å². The Morgan fingerprint density at radius 1 is 1.00 bits per heavy atom. The summed E-state index contributed by atoms with van der Waals surface area (Å²) in [6.45, 7) is 2.09. The van der Waals surface area contributed by atoms with E-state index in [1.54, 1.807) is 18.0 Å². The molecule has 19 heavy (non-hydrogen) atoms. The van der Waals surface area contributed by atoms with E-state index in [9.17, 15) is 0 Å². The number of fused-ring (bicyclic) bond motifs is 1. The van der Waals surface area contributed by atoms with Gasteiger partial charge in [-0.15, -0.1) is 0 Å². The molecule has 0 aliphatic rings. The van der Waals surface area contributed by atoms with Crippen molar-refractivity contribution in [3.05, 3.63) is 60.4 Å². The van der Waals surface area contributed by atoms with Gasteiger partial charge in [0.2, 0.25) is 0 Å². The molecule has 0 aliphatic carbocycles. The molecule has 1 heterocycles. The molecule has 3 heteroatoms. The van der Waals surface area contributed by atoms with Crippen LogP contribution in [0.1, 0.15) is 5.56 Å². The highest BCUT2D eigenvalue weighted by Gasteiger charge is 2.06. The van der Waals surface area contributed by atoms with Gasteiger partial charge in [-0.3, -0.25) is 4.98 Å². The first-order chi connectivity index (χ1) is 9.24. The quantitative estimate of drug-likeness (QED) is 0.704. The van der Waals surface area contributed by atoms with Gasteiger partial charge in [0.15, 0.2) is 0 Å². The highest BCUT2D eigenvalue weighted by Crippen LogP contribution is 2.35. The molecule has 0 bridgehead atoms. The standard InChI is InChI=1S/C16H14N2S/c1-11-2-5-13(6-3-11)19-15-7-4-12-10-18-9-8-14(12)16(15)17/h2-10H,17H2,1H3. The molecule has 3 rings (SSSR count). The van der Waals surface area contributed by atoms with Crippen LogP contribution in [0.4, 0.5) is 5.69 Å². The van der Waals surface area contributed by atoms with Crippen molar-refractivity contribution in [1.82, 2.24) is 4.98 Å². The molecule has 0 atom stereocenters. The molecule has 3 aromatic rings. The monoisotopic (exact) mass is 266 g/mol. The van der Waals surface area contributed by atoms with Crippen LogP contribution in [0, 0.1) is 6.92 Å². The van der Waals surface area contributed by atoms with Crippen molar-refractivity contribution in [2.75, 3.05) is 5.73 Å². The summed E-state index contributed by atoms with van der Waals surface area (Å²) in [5.41, 5.74) is 8.34. The van der Waals surface area contributed by atoms with Crippen molar-refractivity contribution in [2.24, 2.45) is 0 Å². The van der Waals surface area contributed by atoms with E-state index in [4.69, 9.17) is 5.73 Å². The van der Waals surface area contributed by atoms with Crippen LogP contribution in [0.3, 0.4) is 0 Å². The van der Waals surface area contributed by atoms with Crippen LogP contribution in [0.2, 0.25) is 0 Å². The molecule has 0 saturated heterocycles. The third-order valence-electron chi connectivity index (χ3n) is 3.07. The summed E-state index contributed by atoms with van der Waals surface area (Å²) in [7, 11) is 0. The molecule has 0 amide bonds. The second-order valence-electron chi connectivity index (χ2n) is 4.49. The lowest BCUT2D eigenvalue weighted by molar-refractivity contribution is 1.35. The van der Waals surface area contributed by atoms with Crippen molar-refractivity contribution in [1.29, 1.82) is 0 Å². The molecule has 0 radical (unpaired) electrons. The maximum atomic E-state index is 6.25. The first-order valence-electron chi connectivity index (χ1n) is 6.11. The lowest BCUT2D eigenvalue weighted by Gasteiger charge is -2.08. The van der Waals surface area contributed by atoms with Crippen LogP contribution < -0.4 is 5.73 Å². The number of hydrogen-bond acceptors (Lipinski definition) is 3. The lowest BCUT2D eigenvalue weighted by Crippen LogP contribution is -1.91. The number of pyridine rings is 1. The summed E-state index contributed by atoms with van der Waals surface area (Å²) in [6.07, 6.45) is 3.62. The minimum absolute atomic E-state index is 0.825. The predicted octanol–water partition coefficient (Wildman–Crippen LogP) is 4.28. The Labute approximate surface area is 116 Å². The van der Waals surface area contributed by atoms with Gasteiger partial charge in [-0.2, -0.15) is 0 Å². The van der Waals surface area contributed by atoms with Gasteiger partial charge in [-0.05, 0) is 31.2 Å². The van der Waals surface area contributed by atoms with E-state index in [1.807, 2.05) is 12.3 Å². The number of anilines is 1. The third kappa shape index (κ3) is 2.42. The molecule has 0 fully saturated rings. The van der Waals surface area contributed by atoms with E-state index in [0.717, 1.165) is 21.4 Å². The van der Waals surface area contributed by atoms with Crippen LogP contribution in [-0.2, 0) is 0 Å². The van der Waals surface area contributed by atoms with E-state index in [-0.39, 0.29) is 0 Å². The summed E-state index contributed by atoms with van der Waals surface area (Å²) in [6, 6.07) is 14.6. The van der Waals surface area contributed by atoms with Crippen LogP contribution in [0.5, 0.6) is 0 Å². The first-order valence-corrected chi connectivity index (χ1v) is 6.92. The van der Waals surface area contributed by atoms with Gasteiger partial charge in [0, 0.05) is 33.0 Å². The predicted molar refractivity (Wildman–Crippen MR) is 81.5 cm³/mol. The molecule has 2 aromatic carbocycles. The Morgan fingerprint density at radius 3 is 2.58 bits per heavy atom. The number of nitrogen functional groups attached to an aromatic ring is 1. The van der Waals surface area contributed by atoms with Gasteiger partial charge in [-0.25, -0.2) is 0 Å². The van der Waals surface area contributed by atoms with E-state index >= 15 is 0 Å². The minimum Gasteiger partial charge on any atom is -0.397 e. The zero-order valence-electron chi connectivity index (χ0n) is 10.6. The second kappa shape index (κ2) is 4.94. The number of aromatic nitrogens is 1. The van der Waals surface area contributed by atoms with Gasteiger partial charge < -0.3 is 5.73 Å². The van der Waals surface area contributed by atoms with E-state index in [1.165, 1.54) is 10.5 Å². The molecule has 0 unspecified atom stereocenters. The molecular formula is C16H14N2S. The first kappa shape index (κ1) is 12.1. The van der Waals surface area contributed by atoms with Gasteiger partial charge in [0.05, 0.1) is 5.69 Å². The number of nitrogens with zero attached hydrogens (tertiary/aromatic N) is 1. The lowest BCUT2D eigenvalue weighted by atomic mass is 10.1. The van der Waals surface area contributed by atoms with E-state index < -0.39 is 0 Å². The summed E-state index contributed by atoms with van der Waals surface area (Å²) in [5.74, 6) is 0. The van der Waals surface area contributed by atoms with Crippen molar-refractivity contribution >= 4 is 28.2 Å². The van der Waals surface area contributed by atoms with Crippen molar-refractivity contribution < 1.29 is 0 Å². The van der Waals surface area contributed by atoms with Crippen molar-refractivity contribution in [2.45, 2.75) is 16.7 Å². The average molecular weight is 266 g/mol. The molecule has 1 aromatic heterocycles. The molecule has 0 saturated carbocycles. The molecule has 2 N–H and O–H groups in total. The van der Waals surface area contributed by atoms with Crippen molar-refractivity contribution in [3.63, 3.8) is 0 Å². The van der Waals surface area contributed by atoms with Gasteiger partial charge in [0.1, 0.15) is 0 Å². The minimum atomic E-state index is 0.825. The van der Waals surface area contributed by atoms with Crippen LogP contribution in [-0.4, -0.2) is 4.98 Å². The summed E-state index contributed by atoms with van der Waals surface area (Å²) in [4.78, 5) is 6.40. The van der Waals surface area contributed by atoms with E-state index in [2.05, 4.69) is 48.3 Å². The number of benzene rings is 2. The maximum absolute atomic E-state index is 6.25. The normalized spacial score (nSPS) is 10.8. The molecule has 2 nitrogen and oxygen atoms in total. The zero-order chi connectivity index (χ0) is 13.2. The second-order valence-corrected chi connectivity index (χ2v) is 5.60. The average Bonchev–Trinajstić information content (AvgIpc) is 2.45. The SMILES string of the molecule is Cc1ccc(Sc2ccc3cnccc3c2N)cc1. The Kier molecular flexibility index (Phi) is 3.13. The van der Waals surface area contributed by atoms with Crippen LogP contribution >= 0.6 is 11.8 Å².